The summed E-state index contributed by atoms with van der Waals surface area (Å²) in [6.45, 7) is 2.60. The van der Waals surface area contributed by atoms with Crippen molar-refractivity contribution < 1.29 is 36.8 Å². The summed E-state index contributed by atoms with van der Waals surface area (Å²) in [5.74, 6) is -0.358. The molecule has 12 heteroatoms. The van der Waals surface area contributed by atoms with Gasteiger partial charge in [-0.05, 0) is 28.8 Å². The number of nitrogens with zero attached hydrogens (tertiary/aromatic N) is 2. The lowest BCUT2D eigenvalue weighted by atomic mass is 9.94. The van der Waals surface area contributed by atoms with Crippen LogP contribution in [0.3, 0.4) is 0 Å². The van der Waals surface area contributed by atoms with E-state index >= 15 is 0 Å². The number of rotatable bonds is 9. The Kier molecular flexibility index (Phi) is 8.19. The number of alkyl halides is 3. The molecule has 0 amide bonds. The lowest BCUT2D eigenvalue weighted by Gasteiger charge is -2.22. The predicted octanol–water partition coefficient (Wildman–Crippen LogP) is 6.60. The van der Waals surface area contributed by atoms with E-state index in [1.807, 2.05) is 42.5 Å². The first kappa shape index (κ1) is 29.1. The van der Waals surface area contributed by atoms with Crippen molar-refractivity contribution in [2.45, 2.75) is 32.0 Å². The first-order valence-corrected chi connectivity index (χ1v) is 13.5. The van der Waals surface area contributed by atoms with Crippen LogP contribution in [0.2, 0.25) is 0 Å². The van der Waals surface area contributed by atoms with E-state index in [0.717, 1.165) is 17.2 Å². The number of nitrogens with one attached hydrogen (secondary N) is 1. The fraction of sp³-hybridized carbons (Fsp3) is 0.214. The molecule has 0 saturated heterocycles. The molecule has 208 valence electrons. The number of imidazole rings is 1. The second kappa shape index (κ2) is 11.3. The van der Waals surface area contributed by atoms with Gasteiger partial charge in [0, 0.05) is 11.0 Å². The zero-order valence-corrected chi connectivity index (χ0v) is 22.3. The van der Waals surface area contributed by atoms with Crippen LogP contribution in [-0.2, 0) is 27.3 Å². The van der Waals surface area contributed by atoms with Crippen LogP contribution >= 0.6 is 7.82 Å². The van der Waals surface area contributed by atoms with Crippen molar-refractivity contribution in [2.75, 3.05) is 6.61 Å². The minimum atomic E-state index is -4.83. The lowest BCUT2D eigenvalue weighted by molar-refractivity contribution is -0.139. The van der Waals surface area contributed by atoms with E-state index in [4.69, 9.17) is 14.5 Å². The predicted molar refractivity (Wildman–Crippen MR) is 141 cm³/mol. The summed E-state index contributed by atoms with van der Waals surface area (Å²) in [5, 5.41) is 9.71. The van der Waals surface area contributed by atoms with Gasteiger partial charge in [-0.15, -0.1) is 0 Å². The summed E-state index contributed by atoms with van der Waals surface area (Å²) in [6, 6.07) is 20.7. The molecule has 0 aliphatic heterocycles. The molecule has 0 bridgehead atoms. The van der Waals surface area contributed by atoms with Crippen LogP contribution in [0.4, 0.5) is 13.2 Å². The van der Waals surface area contributed by atoms with E-state index in [0.29, 0.717) is 5.56 Å². The summed E-state index contributed by atoms with van der Waals surface area (Å²) >= 11 is 0. The fourth-order valence-corrected chi connectivity index (χ4v) is 4.43. The number of ether oxygens (including phenoxy) is 1. The van der Waals surface area contributed by atoms with Gasteiger partial charge >= 0.3 is 14.0 Å². The largest absolute Gasteiger partial charge is 0.487 e. The van der Waals surface area contributed by atoms with Gasteiger partial charge < -0.3 is 19.5 Å². The molecule has 0 unspecified atom stereocenters. The normalized spacial score (nSPS) is 12.2. The zero-order valence-electron chi connectivity index (χ0n) is 21.4. The zero-order chi connectivity index (χ0) is 29.1. The molecule has 4 rings (SSSR count). The average molecular weight is 571 g/mol. The number of hydrogen-bond donors (Lipinski definition) is 3. The molecule has 0 fully saturated rings. The number of hydrogen-bond acceptors (Lipinski definition) is 5. The standard InChI is InChI=1S/C28H25F3N3O5P/c1-27(2,17-39-40(35,36)37)26-33-15-24(34-26)21-12-22(14-32)25(23(13-21)28(29,30)31)38-16-18-8-10-20(11-9-18)19-6-4-3-5-7-19/h3-13,15H,16-17H2,1-2H3,(H,33,34)(H2,35,36,37). The highest BCUT2D eigenvalue weighted by Crippen LogP contribution is 2.42. The number of phosphoric ester groups is 1. The van der Waals surface area contributed by atoms with Gasteiger partial charge in [-0.3, -0.25) is 4.52 Å². The Balaban J connectivity index is 1.61. The van der Waals surface area contributed by atoms with Crippen molar-refractivity contribution in [3.05, 3.63) is 95.4 Å². The minimum Gasteiger partial charge on any atom is -0.487 e. The van der Waals surface area contributed by atoms with Gasteiger partial charge in [0.1, 0.15) is 24.3 Å². The third-order valence-corrected chi connectivity index (χ3v) is 6.55. The molecule has 0 spiro atoms. The third-order valence-electron chi connectivity index (χ3n) is 6.08. The van der Waals surface area contributed by atoms with Crippen LogP contribution in [0.25, 0.3) is 22.4 Å². The van der Waals surface area contributed by atoms with Crippen LogP contribution in [0, 0.1) is 11.3 Å². The summed E-state index contributed by atoms with van der Waals surface area (Å²) in [6.07, 6.45) is -3.55. The first-order chi connectivity index (χ1) is 18.8. The molecule has 8 nitrogen and oxygen atoms in total. The molecule has 1 aromatic heterocycles. The number of aromatic nitrogens is 2. The van der Waals surface area contributed by atoms with Crippen molar-refractivity contribution in [3.63, 3.8) is 0 Å². The highest BCUT2D eigenvalue weighted by molar-refractivity contribution is 7.46. The second-order valence-electron chi connectivity index (χ2n) is 9.66. The van der Waals surface area contributed by atoms with Crippen LogP contribution in [-0.4, -0.2) is 26.4 Å². The van der Waals surface area contributed by atoms with Gasteiger partial charge in [-0.1, -0.05) is 68.4 Å². The maximum Gasteiger partial charge on any atom is 0.469 e. The highest BCUT2D eigenvalue weighted by Gasteiger charge is 2.37. The highest BCUT2D eigenvalue weighted by atomic mass is 31.2. The van der Waals surface area contributed by atoms with Crippen molar-refractivity contribution in [2.24, 2.45) is 0 Å². The van der Waals surface area contributed by atoms with Crippen molar-refractivity contribution >= 4 is 7.82 Å². The molecule has 1 heterocycles. The van der Waals surface area contributed by atoms with Gasteiger partial charge in [-0.25, -0.2) is 9.55 Å². The monoisotopic (exact) mass is 571 g/mol. The van der Waals surface area contributed by atoms with Gasteiger partial charge in [0.25, 0.3) is 0 Å². The minimum absolute atomic E-state index is 0.0360. The van der Waals surface area contributed by atoms with E-state index in [-0.39, 0.29) is 29.3 Å². The van der Waals surface area contributed by atoms with Gasteiger partial charge in [0.05, 0.1) is 29.6 Å². The maximum absolute atomic E-state index is 14.1. The number of nitriles is 1. The average Bonchev–Trinajstić information content (AvgIpc) is 3.42. The summed E-state index contributed by atoms with van der Waals surface area (Å²) in [7, 11) is -4.74. The quantitative estimate of drug-likeness (QED) is 0.193. The summed E-state index contributed by atoms with van der Waals surface area (Å²) in [5.41, 5.74) is 0.323. The van der Waals surface area contributed by atoms with Crippen LogP contribution in [0.5, 0.6) is 5.75 Å². The van der Waals surface area contributed by atoms with Crippen LogP contribution in [0.15, 0.2) is 72.9 Å². The molecule has 0 radical (unpaired) electrons. The fourth-order valence-electron chi connectivity index (χ4n) is 3.94. The molecular formula is C28H25F3N3O5P. The number of halogens is 3. The summed E-state index contributed by atoms with van der Waals surface area (Å²) < 4.78 is 63.6. The number of aromatic amines is 1. The Hall–Kier alpha value is -3.94. The molecule has 40 heavy (non-hydrogen) atoms. The number of benzene rings is 3. The molecule has 3 aromatic carbocycles. The van der Waals surface area contributed by atoms with E-state index in [1.54, 1.807) is 32.0 Å². The van der Waals surface area contributed by atoms with Crippen LogP contribution in [0.1, 0.15) is 36.4 Å². The lowest BCUT2D eigenvalue weighted by Crippen LogP contribution is -2.25. The third kappa shape index (κ3) is 6.97. The Morgan fingerprint density at radius 3 is 2.25 bits per heavy atom. The molecule has 0 aliphatic carbocycles. The number of H-pyrrole nitrogens is 1. The SMILES string of the molecule is CC(C)(COP(=O)(O)O)c1ncc(-c2cc(C#N)c(OCc3ccc(-c4ccccc4)cc3)c(C(F)(F)F)c2)[nH]1. The van der Waals surface area contributed by atoms with Crippen molar-refractivity contribution in [1.82, 2.24) is 9.97 Å². The molecule has 0 saturated carbocycles. The van der Waals surface area contributed by atoms with Crippen molar-refractivity contribution in [1.29, 1.82) is 5.26 Å². The van der Waals surface area contributed by atoms with Gasteiger partial charge in [0.15, 0.2) is 0 Å². The second-order valence-corrected chi connectivity index (χ2v) is 10.9. The van der Waals surface area contributed by atoms with Gasteiger partial charge in [0.2, 0.25) is 0 Å². The molecule has 4 aromatic rings. The molecule has 0 aliphatic rings. The number of phosphoric acid groups is 1. The molecule has 3 N–H and O–H groups in total. The Morgan fingerprint density at radius 1 is 1.00 bits per heavy atom. The van der Waals surface area contributed by atoms with E-state index in [1.165, 1.54) is 12.3 Å². The smallest absolute Gasteiger partial charge is 0.469 e. The summed E-state index contributed by atoms with van der Waals surface area (Å²) in [4.78, 5) is 25.0. The van der Waals surface area contributed by atoms with E-state index < -0.39 is 37.3 Å². The topological polar surface area (TPSA) is 128 Å². The first-order valence-electron chi connectivity index (χ1n) is 12.0. The van der Waals surface area contributed by atoms with Gasteiger partial charge in [-0.2, -0.15) is 18.4 Å². The Bertz CT molecular complexity index is 1570. The van der Waals surface area contributed by atoms with Crippen LogP contribution < -0.4 is 4.74 Å². The van der Waals surface area contributed by atoms with E-state index in [2.05, 4.69) is 14.5 Å². The van der Waals surface area contributed by atoms with Crippen molar-refractivity contribution in [3.8, 4) is 34.2 Å². The Labute approximate surface area is 228 Å². The maximum atomic E-state index is 14.1. The molecular weight excluding hydrogens is 546 g/mol. The molecule has 0 atom stereocenters. The Morgan fingerprint density at radius 2 is 1.65 bits per heavy atom. The van der Waals surface area contributed by atoms with E-state index in [9.17, 15) is 23.0 Å².